The average molecular weight is 322 g/mol. The molecule has 0 atom stereocenters. The van der Waals surface area contributed by atoms with Crippen molar-refractivity contribution in [3.63, 3.8) is 0 Å². The number of aromatic nitrogens is 2. The monoisotopic (exact) mass is 321 g/mol. The molecule has 5 heteroatoms. The number of carbonyl (C=O) groups excluding carboxylic acids is 1. The summed E-state index contributed by atoms with van der Waals surface area (Å²) in [6.45, 7) is 3.98. The fourth-order valence-electron chi connectivity index (χ4n) is 1.91. The highest BCUT2D eigenvalue weighted by Crippen LogP contribution is 2.20. The van der Waals surface area contributed by atoms with E-state index in [1.165, 1.54) is 0 Å². The maximum atomic E-state index is 12.2. The fourth-order valence-corrected chi connectivity index (χ4v) is 2.15. The van der Waals surface area contributed by atoms with Crippen molar-refractivity contribution in [2.45, 2.75) is 20.3 Å². The van der Waals surface area contributed by atoms with Gasteiger partial charge in [0.1, 0.15) is 0 Å². The highest BCUT2D eigenvalue weighted by Gasteiger charge is 2.14. The second-order valence-corrected chi connectivity index (χ2v) is 5.29. The summed E-state index contributed by atoms with van der Waals surface area (Å²) in [6, 6.07) is 5.73. The molecule has 1 amide bonds. The van der Waals surface area contributed by atoms with Crippen LogP contribution in [0.3, 0.4) is 0 Å². The molecule has 0 saturated carbocycles. The SMILES string of the molecule is CCc1nn(C)cc1C(=O)Nc1ccc(Br)c(C)c1. The molecule has 4 nitrogen and oxygen atoms in total. The Balaban J connectivity index is 2.22. The largest absolute Gasteiger partial charge is 0.322 e. The number of halogens is 1. The first-order valence-corrected chi connectivity index (χ1v) is 6.90. The smallest absolute Gasteiger partial charge is 0.259 e. The van der Waals surface area contributed by atoms with E-state index in [-0.39, 0.29) is 5.91 Å². The molecule has 2 rings (SSSR count). The van der Waals surface area contributed by atoms with Crippen molar-refractivity contribution in [3.05, 3.63) is 45.7 Å². The number of nitrogens with zero attached hydrogens (tertiary/aromatic N) is 2. The van der Waals surface area contributed by atoms with Gasteiger partial charge in [-0.1, -0.05) is 22.9 Å². The Morgan fingerprint density at radius 1 is 1.47 bits per heavy atom. The summed E-state index contributed by atoms with van der Waals surface area (Å²) < 4.78 is 2.70. The lowest BCUT2D eigenvalue weighted by Crippen LogP contribution is -2.13. The van der Waals surface area contributed by atoms with Crippen molar-refractivity contribution in [1.82, 2.24) is 9.78 Å². The summed E-state index contributed by atoms with van der Waals surface area (Å²) in [7, 11) is 1.82. The van der Waals surface area contributed by atoms with Crippen molar-refractivity contribution in [3.8, 4) is 0 Å². The van der Waals surface area contributed by atoms with Crippen molar-refractivity contribution in [1.29, 1.82) is 0 Å². The van der Waals surface area contributed by atoms with Gasteiger partial charge in [-0.2, -0.15) is 5.10 Å². The topological polar surface area (TPSA) is 46.9 Å². The quantitative estimate of drug-likeness (QED) is 0.942. The molecule has 1 N–H and O–H groups in total. The Labute approximate surface area is 120 Å². The maximum Gasteiger partial charge on any atom is 0.259 e. The van der Waals surface area contributed by atoms with Gasteiger partial charge in [0.05, 0.1) is 11.3 Å². The van der Waals surface area contributed by atoms with Crippen LogP contribution in [0.5, 0.6) is 0 Å². The fraction of sp³-hybridized carbons (Fsp3) is 0.286. The molecular weight excluding hydrogens is 306 g/mol. The van der Waals surface area contributed by atoms with Gasteiger partial charge in [-0.05, 0) is 37.1 Å². The lowest BCUT2D eigenvalue weighted by molar-refractivity contribution is 0.102. The summed E-state index contributed by atoms with van der Waals surface area (Å²) in [5, 5.41) is 7.17. The first kappa shape index (κ1) is 13.8. The van der Waals surface area contributed by atoms with E-state index in [4.69, 9.17) is 0 Å². The van der Waals surface area contributed by atoms with Gasteiger partial charge < -0.3 is 5.32 Å². The molecular formula is C14H16BrN3O. The van der Waals surface area contributed by atoms with Gasteiger partial charge in [-0.25, -0.2) is 0 Å². The van der Waals surface area contributed by atoms with Crippen LogP contribution in [0.2, 0.25) is 0 Å². The zero-order valence-electron chi connectivity index (χ0n) is 11.2. The Kier molecular flexibility index (Phi) is 4.04. The number of hydrogen-bond acceptors (Lipinski definition) is 2. The zero-order chi connectivity index (χ0) is 14.0. The Morgan fingerprint density at radius 2 is 2.21 bits per heavy atom. The number of amides is 1. The van der Waals surface area contributed by atoms with Crippen molar-refractivity contribution in [2.24, 2.45) is 7.05 Å². The Morgan fingerprint density at radius 3 is 2.84 bits per heavy atom. The second-order valence-electron chi connectivity index (χ2n) is 4.43. The van der Waals surface area contributed by atoms with Crippen LogP contribution in [0.25, 0.3) is 0 Å². The van der Waals surface area contributed by atoms with Gasteiger partial charge >= 0.3 is 0 Å². The normalized spacial score (nSPS) is 10.5. The van der Waals surface area contributed by atoms with E-state index in [2.05, 4.69) is 26.3 Å². The summed E-state index contributed by atoms with van der Waals surface area (Å²) in [5.41, 5.74) is 3.32. The predicted molar refractivity (Wildman–Crippen MR) is 79.4 cm³/mol. The van der Waals surface area contributed by atoms with Crippen LogP contribution in [0.15, 0.2) is 28.9 Å². The number of aryl methyl sites for hydroxylation is 3. The van der Waals surface area contributed by atoms with Gasteiger partial charge in [0, 0.05) is 23.4 Å². The number of benzene rings is 1. The van der Waals surface area contributed by atoms with Gasteiger partial charge in [0.2, 0.25) is 0 Å². The molecule has 100 valence electrons. The molecule has 0 unspecified atom stereocenters. The molecule has 2 aromatic rings. The number of carbonyl (C=O) groups is 1. The molecule has 0 aliphatic heterocycles. The molecule has 0 saturated heterocycles. The molecule has 0 fully saturated rings. The number of nitrogens with one attached hydrogen (secondary N) is 1. The predicted octanol–water partition coefficient (Wildman–Crippen LogP) is 3.31. The molecule has 0 spiro atoms. The van der Waals surface area contributed by atoms with Crippen molar-refractivity contribution in [2.75, 3.05) is 5.32 Å². The third-order valence-electron chi connectivity index (χ3n) is 2.90. The molecule has 19 heavy (non-hydrogen) atoms. The first-order valence-electron chi connectivity index (χ1n) is 6.11. The molecule has 0 aliphatic rings. The Hall–Kier alpha value is -1.62. The lowest BCUT2D eigenvalue weighted by atomic mass is 10.2. The van der Waals surface area contributed by atoms with Crippen LogP contribution < -0.4 is 5.32 Å². The Bertz CT molecular complexity index is 619. The molecule has 1 heterocycles. The minimum atomic E-state index is -0.119. The maximum absolute atomic E-state index is 12.2. The summed E-state index contributed by atoms with van der Waals surface area (Å²) in [5.74, 6) is -0.119. The van der Waals surface area contributed by atoms with Gasteiger partial charge in [0.25, 0.3) is 5.91 Å². The van der Waals surface area contributed by atoms with Crippen LogP contribution in [0.4, 0.5) is 5.69 Å². The molecule has 1 aromatic heterocycles. The van der Waals surface area contributed by atoms with E-state index in [1.807, 2.05) is 39.1 Å². The molecule has 0 bridgehead atoms. The third kappa shape index (κ3) is 3.04. The van der Waals surface area contributed by atoms with Crippen molar-refractivity contribution >= 4 is 27.5 Å². The van der Waals surface area contributed by atoms with Crippen LogP contribution in [0.1, 0.15) is 28.5 Å². The lowest BCUT2D eigenvalue weighted by Gasteiger charge is -2.06. The average Bonchev–Trinajstić information content (AvgIpc) is 2.75. The summed E-state index contributed by atoms with van der Waals surface area (Å²) in [6.07, 6.45) is 2.49. The summed E-state index contributed by atoms with van der Waals surface area (Å²) in [4.78, 5) is 12.2. The molecule has 0 radical (unpaired) electrons. The van der Waals surface area contributed by atoms with Crippen LogP contribution >= 0.6 is 15.9 Å². The second kappa shape index (κ2) is 5.57. The minimum Gasteiger partial charge on any atom is -0.322 e. The third-order valence-corrected chi connectivity index (χ3v) is 3.79. The van der Waals surface area contributed by atoms with Crippen LogP contribution in [0, 0.1) is 6.92 Å². The minimum absolute atomic E-state index is 0.119. The highest BCUT2D eigenvalue weighted by molar-refractivity contribution is 9.10. The standard InChI is InChI=1S/C14H16BrN3O/c1-4-13-11(8-18(3)17-13)14(19)16-10-5-6-12(15)9(2)7-10/h5-8H,4H2,1-3H3,(H,16,19). The van der Waals surface area contributed by atoms with E-state index in [1.54, 1.807) is 10.9 Å². The van der Waals surface area contributed by atoms with Crippen molar-refractivity contribution < 1.29 is 4.79 Å². The van der Waals surface area contributed by atoms with E-state index >= 15 is 0 Å². The van der Waals surface area contributed by atoms with E-state index in [0.717, 1.165) is 27.8 Å². The number of hydrogen-bond donors (Lipinski definition) is 1. The van der Waals surface area contributed by atoms with Gasteiger partial charge in [0.15, 0.2) is 0 Å². The molecule has 0 aliphatic carbocycles. The van der Waals surface area contributed by atoms with Gasteiger partial charge in [-0.15, -0.1) is 0 Å². The van der Waals surface area contributed by atoms with E-state index < -0.39 is 0 Å². The van der Waals surface area contributed by atoms with Crippen LogP contribution in [-0.4, -0.2) is 15.7 Å². The number of anilines is 1. The number of rotatable bonds is 3. The van der Waals surface area contributed by atoms with Crippen LogP contribution in [-0.2, 0) is 13.5 Å². The zero-order valence-corrected chi connectivity index (χ0v) is 12.8. The van der Waals surface area contributed by atoms with Gasteiger partial charge in [-0.3, -0.25) is 9.48 Å². The van der Waals surface area contributed by atoms with E-state index in [9.17, 15) is 4.79 Å². The van der Waals surface area contributed by atoms with E-state index in [0.29, 0.717) is 5.56 Å². The molecule has 1 aromatic carbocycles. The summed E-state index contributed by atoms with van der Waals surface area (Å²) >= 11 is 3.44. The highest BCUT2D eigenvalue weighted by atomic mass is 79.9. The first-order chi connectivity index (χ1) is 9.01.